The van der Waals surface area contributed by atoms with E-state index >= 15 is 0 Å². The molecule has 0 aromatic heterocycles. The van der Waals surface area contributed by atoms with E-state index in [1.54, 1.807) is 7.05 Å². The van der Waals surface area contributed by atoms with Crippen molar-refractivity contribution in [2.75, 3.05) is 7.05 Å². The Kier molecular flexibility index (Phi) is 5.83. The number of allylic oxidation sites excluding steroid dienone is 4. The monoisotopic (exact) mass is 349 g/mol. The molecule has 0 heterocycles. The molecule has 25 heavy (non-hydrogen) atoms. The van der Waals surface area contributed by atoms with Crippen molar-refractivity contribution in [2.45, 2.75) is 19.8 Å². The molecule has 2 unspecified atom stereocenters. The van der Waals surface area contributed by atoms with Gasteiger partial charge in [0.2, 0.25) is 0 Å². The Morgan fingerprint density at radius 3 is 2.80 bits per heavy atom. The number of hydrogen-bond donors (Lipinski definition) is 1. The van der Waals surface area contributed by atoms with Gasteiger partial charge in [0.05, 0.1) is 0 Å². The first kappa shape index (κ1) is 17.6. The molecule has 0 saturated carbocycles. The van der Waals surface area contributed by atoms with Crippen LogP contribution in [0.2, 0.25) is 0 Å². The first-order valence-electron chi connectivity index (χ1n) is 8.61. The van der Waals surface area contributed by atoms with Crippen molar-refractivity contribution in [1.82, 2.24) is 0 Å². The molecule has 1 aliphatic carbocycles. The van der Waals surface area contributed by atoms with Gasteiger partial charge in [0.15, 0.2) is 0 Å². The second-order valence-electron chi connectivity index (χ2n) is 6.47. The van der Waals surface area contributed by atoms with Crippen molar-refractivity contribution in [1.29, 1.82) is 0 Å². The van der Waals surface area contributed by atoms with E-state index in [-0.39, 0.29) is 0 Å². The van der Waals surface area contributed by atoms with Gasteiger partial charge in [-0.1, -0.05) is 56.6 Å². The van der Waals surface area contributed by atoms with Crippen LogP contribution < -0.4 is 10.6 Å². The topological polar surface area (TPSA) is 32.6 Å². The number of nitrogens with zero attached hydrogens (tertiary/aromatic N) is 1. The number of aryl methyl sites for hydroxylation is 1. The SMILES string of the molecule is CN=Cc1cc(C)ccc1Pc1cc(CC2C=CC=CC2)ccc1O. The van der Waals surface area contributed by atoms with Gasteiger partial charge < -0.3 is 5.11 Å². The van der Waals surface area contributed by atoms with Gasteiger partial charge in [-0.25, -0.2) is 0 Å². The minimum absolute atomic E-state index is 0.376. The Hall–Kier alpha value is -2.18. The van der Waals surface area contributed by atoms with Crippen LogP contribution in [-0.4, -0.2) is 18.4 Å². The molecule has 0 saturated heterocycles. The number of phenols is 1. The molecule has 3 heteroatoms. The molecular weight excluding hydrogens is 325 g/mol. The third-order valence-electron chi connectivity index (χ3n) is 4.37. The molecule has 128 valence electrons. The smallest absolute Gasteiger partial charge is 0.123 e. The van der Waals surface area contributed by atoms with Crippen LogP contribution in [0.25, 0.3) is 0 Å². The van der Waals surface area contributed by atoms with Crippen LogP contribution >= 0.6 is 8.58 Å². The van der Waals surface area contributed by atoms with Crippen LogP contribution in [0, 0.1) is 12.8 Å². The predicted octanol–water partition coefficient (Wildman–Crippen LogP) is 4.05. The summed E-state index contributed by atoms with van der Waals surface area (Å²) in [5.41, 5.74) is 3.63. The summed E-state index contributed by atoms with van der Waals surface area (Å²) in [5, 5.41) is 12.5. The Morgan fingerprint density at radius 1 is 1.16 bits per heavy atom. The van der Waals surface area contributed by atoms with Crippen LogP contribution in [0.15, 0.2) is 65.7 Å². The zero-order chi connectivity index (χ0) is 17.6. The van der Waals surface area contributed by atoms with Gasteiger partial charge in [-0.3, -0.25) is 4.99 Å². The van der Waals surface area contributed by atoms with E-state index in [1.807, 2.05) is 18.3 Å². The molecule has 2 nitrogen and oxygen atoms in total. The van der Waals surface area contributed by atoms with Crippen molar-refractivity contribution in [3.05, 3.63) is 77.4 Å². The highest BCUT2D eigenvalue weighted by molar-refractivity contribution is 7.56. The van der Waals surface area contributed by atoms with E-state index in [1.165, 1.54) is 16.4 Å². The summed E-state index contributed by atoms with van der Waals surface area (Å²) in [5.74, 6) is 0.925. The Balaban J connectivity index is 1.84. The van der Waals surface area contributed by atoms with E-state index < -0.39 is 0 Å². The maximum atomic E-state index is 10.3. The fourth-order valence-corrected chi connectivity index (χ4v) is 4.29. The van der Waals surface area contributed by atoms with Crippen molar-refractivity contribution < 1.29 is 5.11 Å². The molecule has 0 fully saturated rings. The highest BCUT2D eigenvalue weighted by Crippen LogP contribution is 2.24. The van der Waals surface area contributed by atoms with Gasteiger partial charge in [-0.15, -0.1) is 0 Å². The fourth-order valence-electron chi connectivity index (χ4n) is 3.08. The summed E-state index contributed by atoms with van der Waals surface area (Å²) in [4.78, 5) is 4.17. The molecule has 0 spiro atoms. The summed E-state index contributed by atoms with van der Waals surface area (Å²) in [6.07, 6.45) is 12.7. The first-order valence-corrected chi connectivity index (χ1v) is 9.61. The van der Waals surface area contributed by atoms with E-state index in [4.69, 9.17) is 0 Å². The normalized spacial score (nSPS) is 17.1. The van der Waals surface area contributed by atoms with Crippen molar-refractivity contribution in [3.63, 3.8) is 0 Å². The Bertz CT molecular complexity index is 836. The molecule has 0 aliphatic heterocycles. The maximum Gasteiger partial charge on any atom is 0.123 e. The second kappa shape index (κ2) is 8.27. The number of aromatic hydroxyl groups is 1. The molecule has 2 aromatic carbocycles. The standard InChI is InChI=1S/C22H24NOP/c1-16-8-11-21(19(12-16)15-23-2)25-22-14-18(9-10-20(22)24)13-17-6-4-3-5-7-17/h3-6,8-12,14-15,17,24-25H,7,13H2,1-2H3. The number of phenolic OH excluding ortho intramolecular Hbond substituents is 1. The maximum absolute atomic E-state index is 10.3. The summed E-state index contributed by atoms with van der Waals surface area (Å²) < 4.78 is 0. The van der Waals surface area contributed by atoms with Crippen LogP contribution in [0.1, 0.15) is 23.1 Å². The van der Waals surface area contributed by atoms with Gasteiger partial charge >= 0.3 is 0 Å². The van der Waals surface area contributed by atoms with Gasteiger partial charge in [-0.2, -0.15) is 0 Å². The number of rotatable bonds is 5. The number of hydrogen-bond acceptors (Lipinski definition) is 2. The predicted molar refractivity (Wildman–Crippen MR) is 110 cm³/mol. The lowest BCUT2D eigenvalue weighted by molar-refractivity contribution is 0.479. The van der Waals surface area contributed by atoms with Gasteiger partial charge in [0.25, 0.3) is 0 Å². The molecule has 0 amide bonds. The lowest BCUT2D eigenvalue weighted by atomic mass is 9.93. The Morgan fingerprint density at radius 2 is 2.04 bits per heavy atom. The summed E-state index contributed by atoms with van der Waals surface area (Å²) in [7, 11) is 2.21. The summed E-state index contributed by atoms with van der Waals surface area (Å²) in [6.45, 7) is 2.09. The molecular formula is C22H24NOP. The Labute approximate surface area is 151 Å². The summed E-state index contributed by atoms with van der Waals surface area (Å²) >= 11 is 0. The van der Waals surface area contributed by atoms with E-state index in [9.17, 15) is 5.11 Å². The van der Waals surface area contributed by atoms with Crippen molar-refractivity contribution in [3.8, 4) is 5.75 Å². The number of benzene rings is 2. The van der Waals surface area contributed by atoms with Gasteiger partial charge in [-0.05, 0) is 54.8 Å². The van der Waals surface area contributed by atoms with E-state index in [0.29, 0.717) is 20.2 Å². The quantitative estimate of drug-likeness (QED) is 0.641. The molecule has 3 rings (SSSR count). The minimum Gasteiger partial charge on any atom is -0.507 e. The van der Waals surface area contributed by atoms with E-state index in [2.05, 4.69) is 60.5 Å². The highest BCUT2D eigenvalue weighted by Gasteiger charge is 2.11. The molecule has 0 radical (unpaired) electrons. The first-order chi connectivity index (χ1) is 12.2. The average Bonchev–Trinajstić information content (AvgIpc) is 2.61. The average molecular weight is 349 g/mol. The lowest BCUT2D eigenvalue weighted by Gasteiger charge is -2.15. The zero-order valence-corrected chi connectivity index (χ0v) is 15.7. The fraction of sp³-hybridized carbons (Fsp3) is 0.227. The van der Waals surface area contributed by atoms with Crippen molar-refractivity contribution in [2.24, 2.45) is 10.9 Å². The van der Waals surface area contributed by atoms with E-state index in [0.717, 1.165) is 23.7 Å². The molecule has 1 N–H and O–H groups in total. The molecule has 1 aliphatic rings. The minimum atomic E-state index is 0.376. The van der Waals surface area contributed by atoms with Crippen LogP contribution in [0.5, 0.6) is 5.75 Å². The van der Waals surface area contributed by atoms with Crippen molar-refractivity contribution >= 4 is 25.4 Å². The molecule has 0 bridgehead atoms. The van der Waals surface area contributed by atoms with Crippen LogP contribution in [0.4, 0.5) is 0 Å². The number of aliphatic imine (C=N–C) groups is 1. The molecule has 2 aromatic rings. The third kappa shape index (κ3) is 4.67. The second-order valence-corrected chi connectivity index (χ2v) is 7.79. The van der Waals surface area contributed by atoms with Gasteiger partial charge in [0, 0.05) is 24.1 Å². The lowest BCUT2D eigenvalue weighted by Crippen LogP contribution is -2.11. The van der Waals surface area contributed by atoms with Gasteiger partial charge in [0.1, 0.15) is 5.75 Å². The zero-order valence-electron chi connectivity index (χ0n) is 14.7. The highest BCUT2D eigenvalue weighted by atomic mass is 31.1. The van der Waals surface area contributed by atoms with Crippen LogP contribution in [-0.2, 0) is 6.42 Å². The molecule has 2 atom stereocenters. The third-order valence-corrected chi connectivity index (χ3v) is 5.77. The van der Waals surface area contributed by atoms with Crippen LogP contribution in [0.3, 0.4) is 0 Å². The summed E-state index contributed by atoms with van der Waals surface area (Å²) in [6, 6.07) is 12.4. The largest absolute Gasteiger partial charge is 0.507 e.